The SMILES string of the molecule is Cn1[nH]cc(C(=O)NC2C3CC4CC(C3)CC2C4)c1=O. The van der Waals surface area contributed by atoms with Crippen LogP contribution in [0.4, 0.5) is 0 Å². The Morgan fingerprint density at radius 3 is 2.30 bits per heavy atom. The van der Waals surface area contributed by atoms with E-state index >= 15 is 0 Å². The zero-order valence-electron chi connectivity index (χ0n) is 11.8. The first-order valence-corrected chi connectivity index (χ1v) is 7.67. The smallest absolute Gasteiger partial charge is 0.279 e. The first kappa shape index (κ1) is 12.2. The zero-order chi connectivity index (χ0) is 13.9. The van der Waals surface area contributed by atoms with Gasteiger partial charge in [-0.3, -0.25) is 14.3 Å². The van der Waals surface area contributed by atoms with Crippen LogP contribution in [0.15, 0.2) is 11.0 Å². The van der Waals surface area contributed by atoms with Gasteiger partial charge in [0, 0.05) is 19.3 Å². The maximum absolute atomic E-state index is 12.3. The fourth-order valence-corrected chi connectivity index (χ4v) is 5.02. The molecule has 4 aliphatic rings. The Morgan fingerprint density at radius 1 is 1.20 bits per heavy atom. The normalized spacial score (nSPS) is 38.1. The van der Waals surface area contributed by atoms with Gasteiger partial charge < -0.3 is 10.4 Å². The summed E-state index contributed by atoms with van der Waals surface area (Å²) in [6.45, 7) is 0. The van der Waals surface area contributed by atoms with Gasteiger partial charge in [0.2, 0.25) is 0 Å². The summed E-state index contributed by atoms with van der Waals surface area (Å²) in [6, 6.07) is 0.287. The zero-order valence-corrected chi connectivity index (χ0v) is 11.8. The van der Waals surface area contributed by atoms with Crippen molar-refractivity contribution in [1.82, 2.24) is 15.1 Å². The van der Waals surface area contributed by atoms with Crippen LogP contribution < -0.4 is 10.9 Å². The summed E-state index contributed by atoms with van der Waals surface area (Å²) in [6.07, 6.45) is 7.98. The number of carbonyl (C=O) groups is 1. The van der Waals surface area contributed by atoms with E-state index in [-0.39, 0.29) is 23.1 Å². The first-order valence-electron chi connectivity index (χ1n) is 7.67. The van der Waals surface area contributed by atoms with E-state index in [1.807, 2.05) is 0 Å². The van der Waals surface area contributed by atoms with Gasteiger partial charge in [-0.1, -0.05) is 0 Å². The van der Waals surface area contributed by atoms with Crippen molar-refractivity contribution in [2.45, 2.75) is 38.1 Å². The molecule has 4 bridgehead atoms. The van der Waals surface area contributed by atoms with Crippen LogP contribution in [0.3, 0.4) is 0 Å². The maximum atomic E-state index is 12.3. The highest BCUT2D eigenvalue weighted by Crippen LogP contribution is 2.53. The molecule has 0 atom stereocenters. The van der Waals surface area contributed by atoms with Crippen molar-refractivity contribution >= 4 is 5.91 Å². The van der Waals surface area contributed by atoms with E-state index in [2.05, 4.69) is 10.4 Å². The second-order valence-electron chi connectivity index (χ2n) is 6.98. The molecule has 4 aliphatic carbocycles. The summed E-state index contributed by atoms with van der Waals surface area (Å²) >= 11 is 0. The van der Waals surface area contributed by atoms with Crippen LogP contribution in [0.1, 0.15) is 42.5 Å². The van der Waals surface area contributed by atoms with E-state index in [1.54, 1.807) is 7.05 Å². The van der Waals surface area contributed by atoms with E-state index in [0.29, 0.717) is 11.8 Å². The van der Waals surface area contributed by atoms with Gasteiger partial charge in [0.15, 0.2) is 0 Å². The molecule has 0 aliphatic heterocycles. The molecule has 5 heteroatoms. The lowest BCUT2D eigenvalue weighted by Crippen LogP contribution is -2.56. The highest BCUT2D eigenvalue weighted by molar-refractivity contribution is 5.93. The summed E-state index contributed by atoms with van der Waals surface area (Å²) in [5.74, 6) is 2.86. The number of hydrogen-bond acceptors (Lipinski definition) is 2. The van der Waals surface area contributed by atoms with Gasteiger partial charge in [0.05, 0.1) is 0 Å². The van der Waals surface area contributed by atoms with Gasteiger partial charge in [-0.2, -0.15) is 0 Å². The number of hydrogen-bond donors (Lipinski definition) is 2. The Morgan fingerprint density at radius 2 is 1.80 bits per heavy atom. The van der Waals surface area contributed by atoms with E-state index in [4.69, 9.17) is 0 Å². The lowest BCUT2D eigenvalue weighted by molar-refractivity contribution is -0.0119. The lowest BCUT2D eigenvalue weighted by atomic mass is 9.54. The molecule has 4 saturated carbocycles. The largest absolute Gasteiger partial charge is 0.349 e. The van der Waals surface area contributed by atoms with Crippen LogP contribution in [-0.4, -0.2) is 21.7 Å². The molecule has 1 heterocycles. The van der Waals surface area contributed by atoms with Crippen LogP contribution in [-0.2, 0) is 7.05 Å². The molecule has 0 saturated heterocycles. The average Bonchev–Trinajstić information content (AvgIpc) is 2.73. The molecule has 108 valence electrons. The van der Waals surface area contributed by atoms with Crippen LogP contribution in [0.2, 0.25) is 0 Å². The third-order valence-corrected chi connectivity index (χ3v) is 5.71. The second kappa shape index (κ2) is 4.24. The second-order valence-corrected chi connectivity index (χ2v) is 6.98. The molecule has 5 nitrogen and oxygen atoms in total. The molecule has 20 heavy (non-hydrogen) atoms. The minimum absolute atomic E-state index is 0.204. The van der Waals surface area contributed by atoms with Crippen LogP contribution in [0, 0.1) is 23.7 Å². The number of aryl methyl sites for hydroxylation is 1. The Balaban J connectivity index is 1.53. The molecule has 1 aromatic rings. The molecule has 0 spiro atoms. The molecule has 1 aromatic heterocycles. The maximum Gasteiger partial charge on any atom is 0.279 e. The number of nitrogens with zero attached hydrogens (tertiary/aromatic N) is 1. The summed E-state index contributed by atoms with van der Waals surface area (Å²) < 4.78 is 1.34. The third-order valence-electron chi connectivity index (χ3n) is 5.71. The van der Waals surface area contributed by atoms with Gasteiger partial charge >= 0.3 is 0 Å². The van der Waals surface area contributed by atoms with E-state index < -0.39 is 0 Å². The number of H-pyrrole nitrogens is 1. The lowest BCUT2D eigenvalue weighted by Gasteiger charge is -2.54. The van der Waals surface area contributed by atoms with Crippen LogP contribution in [0.25, 0.3) is 0 Å². The fourth-order valence-electron chi connectivity index (χ4n) is 5.02. The highest BCUT2D eigenvalue weighted by atomic mass is 16.2. The van der Waals surface area contributed by atoms with Crippen LogP contribution >= 0.6 is 0 Å². The Kier molecular flexibility index (Phi) is 2.59. The number of nitrogens with one attached hydrogen (secondary N) is 2. The molecule has 0 aromatic carbocycles. The predicted molar refractivity (Wildman–Crippen MR) is 74.3 cm³/mol. The molecule has 0 unspecified atom stereocenters. The number of aromatic nitrogens is 2. The van der Waals surface area contributed by atoms with Gasteiger partial charge in [0.1, 0.15) is 5.56 Å². The topological polar surface area (TPSA) is 66.9 Å². The van der Waals surface area contributed by atoms with Crippen molar-refractivity contribution in [3.05, 3.63) is 22.1 Å². The van der Waals surface area contributed by atoms with Gasteiger partial charge in [-0.15, -0.1) is 0 Å². The summed E-state index contributed by atoms with van der Waals surface area (Å²) in [5.41, 5.74) is -0.00683. The van der Waals surface area contributed by atoms with Crippen molar-refractivity contribution < 1.29 is 4.79 Å². The van der Waals surface area contributed by atoms with Crippen molar-refractivity contribution in [1.29, 1.82) is 0 Å². The van der Waals surface area contributed by atoms with E-state index in [9.17, 15) is 9.59 Å². The molecule has 1 amide bonds. The van der Waals surface area contributed by atoms with Crippen molar-refractivity contribution in [2.75, 3.05) is 0 Å². The standard InChI is InChI=1S/C15H21N3O2/c1-18-15(20)12(7-16-18)14(19)17-13-10-3-8-2-9(5-10)6-11(13)4-8/h7-11,13,16H,2-6H2,1H3,(H,17,19). The Bertz CT molecular complexity index is 573. The Hall–Kier alpha value is -1.52. The number of amides is 1. The van der Waals surface area contributed by atoms with Gasteiger partial charge in [-0.05, 0) is 55.8 Å². The molecule has 5 rings (SSSR count). The monoisotopic (exact) mass is 275 g/mol. The molecule has 0 radical (unpaired) electrons. The van der Waals surface area contributed by atoms with Gasteiger partial charge in [-0.25, -0.2) is 0 Å². The predicted octanol–water partition coefficient (Wildman–Crippen LogP) is 1.27. The first-order chi connectivity index (χ1) is 9.61. The van der Waals surface area contributed by atoms with Crippen molar-refractivity contribution in [2.24, 2.45) is 30.7 Å². The molecule has 2 N–H and O–H groups in total. The minimum atomic E-state index is -0.244. The highest BCUT2D eigenvalue weighted by Gasteiger charge is 2.48. The number of aromatic amines is 1. The molecule has 4 fully saturated rings. The Labute approximate surface area is 117 Å². The summed E-state index contributed by atoms with van der Waals surface area (Å²) in [5, 5.41) is 5.92. The quantitative estimate of drug-likeness (QED) is 0.853. The van der Waals surface area contributed by atoms with E-state index in [1.165, 1.54) is 43.0 Å². The van der Waals surface area contributed by atoms with Crippen LogP contribution in [0.5, 0.6) is 0 Å². The summed E-state index contributed by atoms with van der Waals surface area (Å²) in [7, 11) is 1.63. The molecular formula is C15H21N3O2. The van der Waals surface area contributed by atoms with Gasteiger partial charge in [0.25, 0.3) is 11.5 Å². The fraction of sp³-hybridized carbons (Fsp3) is 0.733. The van der Waals surface area contributed by atoms with E-state index in [0.717, 1.165) is 11.8 Å². The van der Waals surface area contributed by atoms with Crippen molar-refractivity contribution in [3.8, 4) is 0 Å². The third kappa shape index (κ3) is 1.75. The minimum Gasteiger partial charge on any atom is -0.349 e. The average molecular weight is 275 g/mol. The van der Waals surface area contributed by atoms with Crippen molar-refractivity contribution in [3.63, 3.8) is 0 Å². The summed E-state index contributed by atoms with van der Waals surface area (Å²) in [4.78, 5) is 24.2. The number of carbonyl (C=O) groups excluding carboxylic acids is 1. The molecular weight excluding hydrogens is 254 g/mol. The number of rotatable bonds is 2.